The van der Waals surface area contributed by atoms with Gasteiger partial charge in [0, 0.05) is 17.0 Å². The summed E-state index contributed by atoms with van der Waals surface area (Å²) in [6, 6.07) is 10.2. The smallest absolute Gasteiger partial charge is 0.177 e. The molecule has 3 heteroatoms. The third-order valence-electron chi connectivity index (χ3n) is 3.42. The van der Waals surface area contributed by atoms with Crippen LogP contribution in [0.15, 0.2) is 35.7 Å². The summed E-state index contributed by atoms with van der Waals surface area (Å²) in [5, 5.41) is 2.09. The average molecular weight is 287 g/mol. The standard InChI is InChI=1S/C17H21NOS/c1-13-6-7-16(14(2)11-13)17(19)12-18(3)9-8-15-5-4-10-20-15/h4-7,10-11H,8-9,12H2,1-3H3. The molecule has 0 unspecified atom stereocenters. The lowest BCUT2D eigenvalue weighted by atomic mass is 10.0. The zero-order valence-electron chi connectivity index (χ0n) is 12.3. The lowest BCUT2D eigenvalue weighted by Crippen LogP contribution is -2.28. The summed E-state index contributed by atoms with van der Waals surface area (Å²) in [7, 11) is 2.01. The van der Waals surface area contributed by atoms with Crippen molar-refractivity contribution < 1.29 is 4.79 Å². The molecule has 106 valence electrons. The lowest BCUT2D eigenvalue weighted by Gasteiger charge is -2.16. The van der Waals surface area contributed by atoms with E-state index < -0.39 is 0 Å². The molecule has 1 aromatic heterocycles. The second kappa shape index (κ2) is 6.82. The van der Waals surface area contributed by atoms with Crippen molar-refractivity contribution in [3.05, 3.63) is 57.3 Å². The maximum Gasteiger partial charge on any atom is 0.177 e. The van der Waals surface area contributed by atoms with E-state index in [1.54, 1.807) is 11.3 Å². The van der Waals surface area contributed by atoms with Crippen LogP contribution in [0, 0.1) is 13.8 Å². The number of rotatable bonds is 6. The molecule has 0 fully saturated rings. The number of thiophene rings is 1. The summed E-state index contributed by atoms with van der Waals surface area (Å²) < 4.78 is 0. The van der Waals surface area contributed by atoms with Crippen molar-refractivity contribution in [3.8, 4) is 0 Å². The highest BCUT2D eigenvalue weighted by molar-refractivity contribution is 7.09. The summed E-state index contributed by atoms with van der Waals surface area (Å²) in [6.07, 6.45) is 1.01. The van der Waals surface area contributed by atoms with Crippen molar-refractivity contribution in [1.29, 1.82) is 0 Å². The summed E-state index contributed by atoms with van der Waals surface area (Å²) in [5.41, 5.74) is 3.12. The van der Waals surface area contributed by atoms with Crippen LogP contribution in [0.2, 0.25) is 0 Å². The number of hydrogen-bond acceptors (Lipinski definition) is 3. The number of nitrogens with zero attached hydrogens (tertiary/aromatic N) is 1. The molecule has 2 nitrogen and oxygen atoms in total. The van der Waals surface area contributed by atoms with Crippen LogP contribution in [-0.4, -0.2) is 30.8 Å². The molecule has 0 N–H and O–H groups in total. The first-order valence-electron chi connectivity index (χ1n) is 6.87. The number of carbonyl (C=O) groups excluding carboxylic acids is 1. The van der Waals surface area contributed by atoms with Gasteiger partial charge in [0.2, 0.25) is 0 Å². The van der Waals surface area contributed by atoms with Crippen LogP contribution in [0.1, 0.15) is 26.4 Å². The van der Waals surface area contributed by atoms with Gasteiger partial charge in [-0.05, 0) is 44.3 Å². The van der Waals surface area contributed by atoms with Crippen LogP contribution in [0.3, 0.4) is 0 Å². The highest BCUT2D eigenvalue weighted by atomic mass is 32.1. The largest absolute Gasteiger partial charge is 0.299 e. The molecule has 2 aromatic rings. The Morgan fingerprint density at radius 2 is 2.05 bits per heavy atom. The van der Waals surface area contributed by atoms with E-state index in [9.17, 15) is 4.79 Å². The molecule has 0 saturated carbocycles. The predicted octanol–water partition coefficient (Wildman–Crippen LogP) is 3.72. The minimum Gasteiger partial charge on any atom is -0.299 e. The van der Waals surface area contributed by atoms with Gasteiger partial charge in [-0.3, -0.25) is 9.69 Å². The minimum atomic E-state index is 0.205. The van der Waals surface area contributed by atoms with Gasteiger partial charge in [0.25, 0.3) is 0 Å². The number of ketones is 1. The summed E-state index contributed by atoms with van der Waals surface area (Å²) >= 11 is 1.77. The molecule has 1 aromatic carbocycles. The Morgan fingerprint density at radius 3 is 2.70 bits per heavy atom. The van der Waals surface area contributed by atoms with Crippen LogP contribution >= 0.6 is 11.3 Å². The second-order valence-electron chi connectivity index (χ2n) is 5.31. The van der Waals surface area contributed by atoms with Gasteiger partial charge in [0.05, 0.1) is 6.54 Å². The average Bonchev–Trinajstić information content (AvgIpc) is 2.89. The first kappa shape index (κ1) is 14.9. The van der Waals surface area contributed by atoms with Crippen LogP contribution in [0.25, 0.3) is 0 Å². The molecule has 2 rings (SSSR count). The first-order valence-corrected chi connectivity index (χ1v) is 7.75. The monoisotopic (exact) mass is 287 g/mol. The fraction of sp³-hybridized carbons (Fsp3) is 0.353. The molecule has 20 heavy (non-hydrogen) atoms. The van der Waals surface area contributed by atoms with Gasteiger partial charge in [-0.2, -0.15) is 0 Å². The molecule has 0 saturated heterocycles. The van der Waals surface area contributed by atoms with E-state index in [2.05, 4.69) is 35.4 Å². The van der Waals surface area contributed by atoms with Crippen LogP contribution in [0.4, 0.5) is 0 Å². The topological polar surface area (TPSA) is 20.3 Å². The van der Waals surface area contributed by atoms with E-state index in [0.717, 1.165) is 24.1 Å². The van der Waals surface area contributed by atoms with Gasteiger partial charge in [0.15, 0.2) is 5.78 Å². The lowest BCUT2D eigenvalue weighted by molar-refractivity contribution is 0.0946. The molecule has 0 bridgehead atoms. The quantitative estimate of drug-likeness (QED) is 0.755. The number of benzene rings is 1. The predicted molar refractivity (Wildman–Crippen MR) is 85.8 cm³/mol. The van der Waals surface area contributed by atoms with E-state index in [0.29, 0.717) is 6.54 Å². The Balaban J connectivity index is 1.90. The maximum absolute atomic E-state index is 12.3. The van der Waals surface area contributed by atoms with E-state index in [4.69, 9.17) is 0 Å². The number of hydrogen-bond donors (Lipinski definition) is 0. The van der Waals surface area contributed by atoms with E-state index >= 15 is 0 Å². The fourth-order valence-electron chi connectivity index (χ4n) is 2.29. The molecule has 0 atom stereocenters. The Hall–Kier alpha value is -1.45. The van der Waals surface area contributed by atoms with E-state index in [1.807, 2.05) is 26.1 Å². The Kier molecular flexibility index (Phi) is 5.10. The third-order valence-corrected chi connectivity index (χ3v) is 4.35. The van der Waals surface area contributed by atoms with E-state index in [-0.39, 0.29) is 5.78 Å². The molecule has 0 aliphatic carbocycles. The maximum atomic E-state index is 12.3. The number of carbonyl (C=O) groups is 1. The van der Waals surface area contributed by atoms with Crippen molar-refractivity contribution >= 4 is 17.1 Å². The van der Waals surface area contributed by atoms with Crippen LogP contribution in [0.5, 0.6) is 0 Å². The van der Waals surface area contributed by atoms with Gasteiger partial charge < -0.3 is 0 Å². The Labute approximate surface area is 125 Å². The van der Waals surface area contributed by atoms with Gasteiger partial charge in [-0.25, -0.2) is 0 Å². The third kappa shape index (κ3) is 4.02. The molecular formula is C17H21NOS. The molecule has 1 heterocycles. The van der Waals surface area contributed by atoms with Crippen molar-refractivity contribution in [2.24, 2.45) is 0 Å². The molecule has 0 radical (unpaired) electrons. The van der Waals surface area contributed by atoms with Gasteiger partial charge in [-0.1, -0.05) is 29.8 Å². The van der Waals surface area contributed by atoms with Crippen molar-refractivity contribution in [1.82, 2.24) is 4.90 Å². The minimum absolute atomic E-state index is 0.205. The van der Waals surface area contributed by atoms with Crippen LogP contribution in [-0.2, 0) is 6.42 Å². The van der Waals surface area contributed by atoms with Gasteiger partial charge in [-0.15, -0.1) is 11.3 Å². The number of likely N-dealkylation sites (N-methyl/N-ethyl adjacent to an activating group) is 1. The Bertz CT molecular complexity index is 575. The molecule has 0 spiro atoms. The highest BCUT2D eigenvalue weighted by Crippen LogP contribution is 2.13. The fourth-order valence-corrected chi connectivity index (χ4v) is 2.99. The molecule has 0 amide bonds. The molecule has 0 aliphatic heterocycles. The van der Waals surface area contributed by atoms with Crippen LogP contribution < -0.4 is 0 Å². The summed E-state index contributed by atoms with van der Waals surface area (Å²) in [4.78, 5) is 15.8. The second-order valence-corrected chi connectivity index (χ2v) is 6.34. The van der Waals surface area contributed by atoms with Crippen molar-refractivity contribution in [3.63, 3.8) is 0 Å². The highest BCUT2D eigenvalue weighted by Gasteiger charge is 2.11. The zero-order valence-corrected chi connectivity index (χ0v) is 13.2. The zero-order chi connectivity index (χ0) is 14.5. The van der Waals surface area contributed by atoms with Gasteiger partial charge >= 0.3 is 0 Å². The molecular weight excluding hydrogens is 266 g/mol. The van der Waals surface area contributed by atoms with Crippen molar-refractivity contribution in [2.75, 3.05) is 20.1 Å². The SMILES string of the molecule is Cc1ccc(C(=O)CN(C)CCc2cccs2)c(C)c1. The summed E-state index contributed by atoms with van der Waals surface area (Å²) in [5.74, 6) is 0.205. The first-order chi connectivity index (χ1) is 9.56. The number of Topliss-reactive ketones (excluding diaryl/α,β-unsaturated/α-hetero) is 1. The van der Waals surface area contributed by atoms with Gasteiger partial charge in [0.1, 0.15) is 0 Å². The van der Waals surface area contributed by atoms with Crippen molar-refractivity contribution in [2.45, 2.75) is 20.3 Å². The Morgan fingerprint density at radius 1 is 1.25 bits per heavy atom. The summed E-state index contributed by atoms with van der Waals surface area (Å²) in [6.45, 7) is 5.45. The molecule has 0 aliphatic rings. The van der Waals surface area contributed by atoms with E-state index in [1.165, 1.54) is 10.4 Å². The normalized spacial score (nSPS) is 11.0. The number of aryl methyl sites for hydroxylation is 2.